The molecule has 1 aromatic rings. The maximum Gasteiger partial charge on any atom is 0.315 e. The zero-order valence-corrected chi connectivity index (χ0v) is 14.4. The summed E-state index contributed by atoms with van der Waals surface area (Å²) in [5, 5.41) is 6.14. The topological polar surface area (TPSA) is 59.6 Å². The van der Waals surface area contributed by atoms with E-state index >= 15 is 0 Å². The molecule has 5 nitrogen and oxygen atoms in total. The summed E-state index contributed by atoms with van der Waals surface area (Å²) in [5.74, 6) is 0.416. The lowest BCUT2D eigenvalue weighted by molar-refractivity contribution is 0.0337. The van der Waals surface area contributed by atoms with E-state index in [-0.39, 0.29) is 24.2 Å². The average molecular weight is 332 g/mol. The van der Waals surface area contributed by atoms with Crippen molar-refractivity contribution in [1.29, 1.82) is 0 Å². The Labute approximate surface area is 144 Å². The van der Waals surface area contributed by atoms with E-state index in [1.54, 1.807) is 0 Å². The van der Waals surface area contributed by atoms with Gasteiger partial charge < -0.3 is 20.1 Å². The van der Waals surface area contributed by atoms with Crippen molar-refractivity contribution in [3.05, 3.63) is 35.9 Å². The predicted molar refractivity (Wildman–Crippen MR) is 93.1 cm³/mol. The summed E-state index contributed by atoms with van der Waals surface area (Å²) in [4.78, 5) is 12.3. The molecule has 1 aliphatic carbocycles. The Hall–Kier alpha value is -1.59. The zero-order chi connectivity index (χ0) is 16.8. The molecule has 0 radical (unpaired) electrons. The molecule has 4 atom stereocenters. The van der Waals surface area contributed by atoms with Gasteiger partial charge in [0.25, 0.3) is 0 Å². The Morgan fingerprint density at radius 1 is 1.29 bits per heavy atom. The van der Waals surface area contributed by atoms with Crippen LogP contribution in [-0.4, -0.2) is 44.0 Å². The van der Waals surface area contributed by atoms with Crippen LogP contribution in [0, 0.1) is 0 Å². The molecular weight excluding hydrogens is 304 g/mol. The van der Waals surface area contributed by atoms with E-state index in [1.165, 1.54) is 5.56 Å². The van der Waals surface area contributed by atoms with Gasteiger partial charge >= 0.3 is 6.03 Å². The normalized spacial score (nSPS) is 27.8. The summed E-state index contributed by atoms with van der Waals surface area (Å²) in [5.41, 5.74) is 1.32. The number of benzene rings is 1. The lowest BCUT2D eigenvalue weighted by Crippen LogP contribution is -2.47. The maximum atomic E-state index is 12.3. The molecule has 2 amide bonds. The third-order valence-electron chi connectivity index (χ3n) is 4.91. The van der Waals surface area contributed by atoms with Gasteiger partial charge in [0.2, 0.25) is 0 Å². The third-order valence-corrected chi connectivity index (χ3v) is 4.91. The number of hydrogen-bond acceptors (Lipinski definition) is 3. The van der Waals surface area contributed by atoms with Gasteiger partial charge in [0.1, 0.15) is 0 Å². The Morgan fingerprint density at radius 2 is 2.12 bits per heavy atom. The van der Waals surface area contributed by atoms with Gasteiger partial charge in [0.05, 0.1) is 25.4 Å². The van der Waals surface area contributed by atoms with Crippen LogP contribution in [0.5, 0.6) is 0 Å². The molecule has 0 unspecified atom stereocenters. The Balaban J connectivity index is 1.43. The molecule has 132 valence electrons. The molecule has 0 aromatic heterocycles. The molecule has 1 aromatic carbocycles. The van der Waals surface area contributed by atoms with Crippen LogP contribution in [0.4, 0.5) is 4.79 Å². The summed E-state index contributed by atoms with van der Waals surface area (Å²) in [7, 11) is 0. The fraction of sp³-hybridized carbons (Fsp3) is 0.632. The molecule has 3 rings (SSSR count). The number of carbonyl (C=O) groups excluding carboxylic acids is 1. The van der Waals surface area contributed by atoms with Crippen LogP contribution in [0.1, 0.15) is 44.1 Å². The Bertz CT molecular complexity index is 517. The van der Waals surface area contributed by atoms with Crippen molar-refractivity contribution in [3.8, 4) is 0 Å². The average Bonchev–Trinajstić information content (AvgIpc) is 3.25. The second kappa shape index (κ2) is 8.49. The van der Waals surface area contributed by atoms with Crippen molar-refractivity contribution in [1.82, 2.24) is 10.6 Å². The molecule has 0 bridgehead atoms. The molecule has 1 aliphatic heterocycles. The fourth-order valence-electron chi connectivity index (χ4n) is 3.63. The van der Waals surface area contributed by atoms with Crippen molar-refractivity contribution in [2.24, 2.45) is 0 Å². The summed E-state index contributed by atoms with van der Waals surface area (Å²) in [6.07, 6.45) is 4.45. The second-order valence-corrected chi connectivity index (χ2v) is 6.89. The van der Waals surface area contributed by atoms with Crippen molar-refractivity contribution in [2.45, 2.75) is 56.7 Å². The minimum Gasteiger partial charge on any atom is -0.379 e. The SMILES string of the molecule is C[C@@H](CO[C@@H]1CCOC1)NC(=O)N[C@@H]1CCC[C@H]1c1ccccc1. The molecule has 2 fully saturated rings. The number of rotatable bonds is 6. The van der Waals surface area contributed by atoms with Gasteiger partial charge in [-0.1, -0.05) is 36.8 Å². The van der Waals surface area contributed by atoms with E-state index in [1.807, 2.05) is 13.0 Å². The van der Waals surface area contributed by atoms with Gasteiger partial charge in [-0.15, -0.1) is 0 Å². The van der Waals surface area contributed by atoms with Crippen LogP contribution in [0.3, 0.4) is 0 Å². The minimum absolute atomic E-state index is 0.0119. The molecule has 1 saturated carbocycles. The van der Waals surface area contributed by atoms with Gasteiger partial charge in [-0.2, -0.15) is 0 Å². The summed E-state index contributed by atoms with van der Waals surface area (Å²) in [6, 6.07) is 10.6. The largest absolute Gasteiger partial charge is 0.379 e. The zero-order valence-electron chi connectivity index (χ0n) is 14.4. The molecule has 1 heterocycles. The number of nitrogens with one attached hydrogen (secondary N) is 2. The molecule has 2 N–H and O–H groups in total. The monoisotopic (exact) mass is 332 g/mol. The van der Waals surface area contributed by atoms with Gasteiger partial charge in [-0.3, -0.25) is 0 Å². The molecule has 2 aliphatic rings. The summed E-state index contributed by atoms with van der Waals surface area (Å²) >= 11 is 0. The number of amides is 2. The van der Waals surface area contributed by atoms with Crippen molar-refractivity contribution in [3.63, 3.8) is 0 Å². The first-order valence-electron chi connectivity index (χ1n) is 9.03. The smallest absolute Gasteiger partial charge is 0.315 e. The second-order valence-electron chi connectivity index (χ2n) is 6.89. The maximum absolute atomic E-state index is 12.3. The molecule has 5 heteroatoms. The van der Waals surface area contributed by atoms with Gasteiger partial charge in [0, 0.05) is 18.6 Å². The van der Waals surface area contributed by atoms with Crippen molar-refractivity contribution < 1.29 is 14.3 Å². The number of ether oxygens (including phenoxy) is 2. The Kier molecular flexibility index (Phi) is 6.10. The van der Waals surface area contributed by atoms with Gasteiger partial charge in [-0.25, -0.2) is 4.79 Å². The van der Waals surface area contributed by atoms with E-state index in [2.05, 4.69) is 34.9 Å². The highest BCUT2D eigenvalue weighted by Crippen LogP contribution is 2.34. The molecule has 0 spiro atoms. The van der Waals surface area contributed by atoms with Crippen molar-refractivity contribution >= 4 is 6.03 Å². The van der Waals surface area contributed by atoms with Crippen LogP contribution in [0.2, 0.25) is 0 Å². The van der Waals surface area contributed by atoms with Crippen LogP contribution in [0.15, 0.2) is 30.3 Å². The van der Waals surface area contributed by atoms with E-state index in [9.17, 15) is 4.79 Å². The lowest BCUT2D eigenvalue weighted by Gasteiger charge is -2.23. The van der Waals surface area contributed by atoms with Crippen LogP contribution in [-0.2, 0) is 9.47 Å². The number of urea groups is 1. The van der Waals surface area contributed by atoms with E-state index in [4.69, 9.17) is 9.47 Å². The van der Waals surface area contributed by atoms with Crippen LogP contribution >= 0.6 is 0 Å². The summed E-state index contributed by atoms with van der Waals surface area (Å²) in [6.45, 7) is 3.93. The third kappa shape index (κ3) is 4.71. The summed E-state index contributed by atoms with van der Waals surface area (Å²) < 4.78 is 11.0. The molecule has 1 saturated heterocycles. The lowest BCUT2D eigenvalue weighted by atomic mass is 9.94. The van der Waals surface area contributed by atoms with E-state index in [0.717, 1.165) is 32.3 Å². The first-order valence-corrected chi connectivity index (χ1v) is 9.03. The van der Waals surface area contributed by atoms with Crippen LogP contribution < -0.4 is 10.6 Å². The van der Waals surface area contributed by atoms with Crippen molar-refractivity contribution in [2.75, 3.05) is 19.8 Å². The fourth-order valence-corrected chi connectivity index (χ4v) is 3.63. The standard InChI is InChI=1S/C19H28N2O3/c1-14(12-24-16-10-11-23-13-16)20-19(22)21-18-9-5-8-17(18)15-6-3-2-4-7-15/h2-4,6-7,14,16-18H,5,8-13H2,1H3,(H2,20,21,22)/t14-,16+,17-,18+/m0/s1. The highest BCUT2D eigenvalue weighted by atomic mass is 16.5. The highest BCUT2D eigenvalue weighted by molar-refractivity contribution is 5.74. The van der Waals surface area contributed by atoms with Gasteiger partial charge in [0.15, 0.2) is 0 Å². The molecular formula is C19H28N2O3. The molecule has 24 heavy (non-hydrogen) atoms. The minimum atomic E-state index is -0.0957. The van der Waals surface area contributed by atoms with E-state index in [0.29, 0.717) is 19.1 Å². The Morgan fingerprint density at radius 3 is 2.88 bits per heavy atom. The number of hydrogen-bond donors (Lipinski definition) is 2. The van der Waals surface area contributed by atoms with Gasteiger partial charge in [-0.05, 0) is 31.7 Å². The highest BCUT2D eigenvalue weighted by Gasteiger charge is 2.30. The number of carbonyl (C=O) groups is 1. The van der Waals surface area contributed by atoms with Crippen LogP contribution in [0.25, 0.3) is 0 Å². The van der Waals surface area contributed by atoms with E-state index < -0.39 is 0 Å². The first-order chi connectivity index (χ1) is 11.7. The quantitative estimate of drug-likeness (QED) is 0.842. The first kappa shape index (κ1) is 17.2. The predicted octanol–water partition coefficient (Wildman–Crippen LogP) is 2.82.